The molecule has 0 aromatic heterocycles. The van der Waals surface area contributed by atoms with Gasteiger partial charge in [-0.3, -0.25) is 4.90 Å². The van der Waals surface area contributed by atoms with E-state index in [1.54, 1.807) is 5.54 Å². The van der Waals surface area contributed by atoms with Crippen molar-refractivity contribution < 1.29 is 0 Å². The van der Waals surface area contributed by atoms with E-state index in [2.05, 4.69) is 31.0 Å². The van der Waals surface area contributed by atoms with Gasteiger partial charge >= 0.3 is 0 Å². The molecule has 94 valence electrons. The highest BCUT2D eigenvalue weighted by molar-refractivity contribution is 6.25. The molecule has 1 saturated heterocycles. The molecule has 0 bridgehead atoms. The number of nitrogens with zero attached hydrogens (tertiary/aromatic N) is 1. The zero-order chi connectivity index (χ0) is 12.0. The van der Waals surface area contributed by atoms with Crippen molar-refractivity contribution in [3.63, 3.8) is 0 Å². The molecule has 3 heteroatoms. The first-order valence-corrected chi connectivity index (χ1v) is 6.85. The summed E-state index contributed by atoms with van der Waals surface area (Å²) in [5.74, 6) is 0.693. The number of hydrogen-bond acceptors (Lipinski definition) is 2. The third kappa shape index (κ3) is 4.08. The molecule has 1 aliphatic heterocycles. The van der Waals surface area contributed by atoms with Gasteiger partial charge in [0.2, 0.25) is 0 Å². The van der Waals surface area contributed by atoms with E-state index in [0.29, 0.717) is 18.0 Å². The highest BCUT2D eigenvalue weighted by Gasteiger charge is 2.28. The molecule has 16 heavy (non-hydrogen) atoms. The average Bonchev–Trinajstić information content (AvgIpc) is 2.26. The molecule has 0 aliphatic carbocycles. The summed E-state index contributed by atoms with van der Waals surface area (Å²) in [6.07, 6.45) is 4.57. The number of rotatable bonds is 5. The fourth-order valence-electron chi connectivity index (χ4n) is 2.48. The van der Waals surface area contributed by atoms with Gasteiger partial charge in [-0.05, 0) is 12.3 Å². The van der Waals surface area contributed by atoms with Gasteiger partial charge in [-0.1, -0.05) is 44.9 Å². The Morgan fingerprint density at radius 3 is 2.81 bits per heavy atom. The molecule has 1 N–H and O–H groups in total. The minimum Gasteiger partial charge on any atom is -0.311 e. The number of halogens is 1. The molecular weight excluding hydrogens is 220 g/mol. The van der Waals surface area contributed by atoms with Gasteiger partial charge in [0.25, 0.3) is 0 Å². The van der Waals surface area contributed by atoms with E-state index in [1.807, 2.05) is 6.08 Å². The number of hydrogen-bond donors (Lipinski definition) is 1. The van der Waals surface area contributed by atoms with E-state index < -0.39 is 0 Å². The standard InChI is InChI=1S/C13H25ClN2/c1-4-6-12-10-16(8-5-7-14)13(9-15-12)11(2)3/h5,7,11-13,15H,4,6,8-10H2,1-3H3/b7-5+. The number of piperazine rings is 1. The Balaban J connectivity index is 2.54. The van der Waals surface area contributed by atoms with Crippen molar-refractivity contribution in [2.24, 2.45) is 5.92 Å². The molecule has 2 unspecified atom stereocenters. The van der Waals surface area contributed by atoms with Crippen molar-refractivity contribution in [2.75, 3.05) is 19.6 Å². The Bertz CT molecular complexity index is 216. The third-order valence-electron chi connectivity index (χ3n) is 3.38. The largest absolute Gasteiger partial charge is 0.311 e. The highest BCUT2D eigenvalue weighted by atomic mass is 35.5. The SMILES string of the molecule is CCCC1CN(C/C=C/Cl)C(C(C)C)CN1. The van der Waals surface area contributed by atoms with Crippen LogP contribution in [0.1, 0.15) is 33.6 Å². The van der Waals surface area contributed by atoms with Crippen molar-refractivity contribution in [2.45, 2.75) is 45.7 Å². The first-order chi connectivity index (χ1) is 7.69. The Morgan fingerprint density at radius 2 is 2.25 bits per heavy atom. The van der Waals surface area contributed by atoms with Crippen molar-refractivity contribution >= 4 is 11.6 Å². The van der Waals surface area contributed by atoms with E-state index in [0.717, 1.165) is 19.6 Å². The second-order valence-corrected chi connectivity index (χ2v) is 5.27. The van der Waals surface area contributed by atoms with Crippen LogP contribution in [0, 0.1) is 5.92 Å². The molecule has 2 atom stereocenters. The van der Waals surface area contributed by atoms with Crippen LogP contribution in [-0.4, -0.2) is 36.6 Å². The lowest BCUT2D eigenvalue weighted by atomic mass is 9.97. The van der Waals surface area contributed by atoms with E-state index in [4.69, 9.17) is 11.6 Å². The number of nitrogens with one attached hydrogen (secondary N) is 1. The summed E-state index contributed by atoms with van der Waals surface area (Å²) in [6, 6.07) is 1.30. The van der Waals surface area contributed by atoms with Gasteiger partial charge in [0.05, 0.1) is 0 Å². The van der Waals surface area contributed by atoms with Gasteiger partial charge in [0.1, 0.15) is 0 Å². The van der Waals surface area contributed by atoms with Gasteiger partial charge in [0, 0.05) is 37.3 Å². The fourth-order valence-corrected chi connectivity index (χ4v) is 2.56. The zero-order valence-corrected chi connectivity index (χ0v) is 11.5. The predicted octanol–water partition coefficient (Wildman–Crippen LogP) is 2.84. The lowest BCUT2D eigenvalue weighted by Gasteiger charge is -2.42. The van der Waals surface area contributed by atoms with Crippen LogP contribution in [0.3, 0.4) is 0 Å². The summed E-state index contributed by atoms with van der Waals surface area (Å²) in [7, 11) is 0. The maximum atomic E-state index is 5.62. The predicted molar refractivity (Wildman–Crippen MR) is 71.9 cm³/mol. The van der Waals surface area contributed by atoms with Gasteiger partial charge in [-0.25, -0.2) is 0 Å². The van der Waals surface area contributed by atoms with Crippen molar-refractivity contribution in [3.8, 4) is 0 Å². The summed E-state index contributed by atoms with van der Waals surface area (Å²) in [5, 5.41) is 3.66. The normalized spacial score (nSPS) is 28.1. The molecule has 0 spiro atoms. The third-order valence-corrected chi connectivity index (χ3v) is 3.55. The topological polar surface area (TPSA) is 15.3 Å². The molecule has 0 amide bonds. The van der Waals surface area contributed by atoms with Crippen LogP contribution in [0.2, 0.25) is 0 Å². The van der Waals surface area contributed by atoms with Crippen molar-refractivity contribution in [3.05, 3.63) is 11.6 Å². The lowest BCUT2D eigenvalue weighted by molar-refractivity contribution is 0.108. The Hall–Kier alpha value is -0.0500. The van der Waals surface area contributed by atoms with Crippen LogP contribution in [0.15, 0.2) is 11.6 Å². The maximum absolute atomic E-state index is 5.62. The van der Waals surface area contributed by atoms with Crippen molar-refractivity contribution in [1.29, 1.82) is 0 Å². The van der Waals surface area contributed by atoms with Gasteiger partial charge in [-0.2, -0.15) is 0 Å². The maximum Gasteiger partial charge on any atom is 0.0247 e. The van der Waals surface area contributed by atoms with Crippen LogP contribution in [-0.2, 0) is 0 Å². The highest BCUT2D eigenvalue weighted by Crippen LogP contribution is 2.16. The first kappa shape index (κ1) is 14.0. The van der Waals surface area contributed by atoms with Crippen LogP contribution in [0.25, 0.3) is 0 Å². The summed E-state index contributed by atoms with van der Waals surface area (Å²) < 4.78 is 0. The lowest BCUT2D eigenvalue weighted by Crippen LogP contribution is -2.58. The van der Waals surface area contributed by atoms with E-state index in [1.165, 1.54) is 12.8 Å². The molecule has 0 aromatic rings. The second-order valence-electron chi connectivity index (χ2n) is 5.02. The summed E-state index contributed by atoms with van der Waals surface area (Å²) in [6.45, 7) is 10.1. The van der Waals surface area contributed by atoms with Gasteiger partial charge in [-0.15, -0.1) is 0 Å². The van der Waals surface area contributed by atoms with Crippen LogP contribution < -0.4 is 5.32 Å². The second kappa shape index (κ2) is 7.31. The molecule has 0 aromatic carbocycles. The molecule has 0 radical (unpaired) electrons. The molecule has 2 nitrogen and oxygen atoms in total. The molecule has 1 heterocycles. The monoisotopic (exact) mass is 244 g/mol. The average molecular weight is 245 g/mol. The van der Waals surface area contributed by atoms with Crippen LogP contribution in [0.4, 0.5) is 0 Å². The van der Waals surface area contributed by atoms with Gasteiger partial charge < -0.3 is 5.32 Å². The molecular formula is C13H25ClN2. The van der Waals surface area contributed by atoms with E-state index in [9.17, 15) is 0 Å². The van der Waals surface area contributed by atoms with E-state index in [-0.39, 0.29) is 0 Å². The molecule has 0 saturated carbocycles. The fraction of sp³-hybridized carbons (Fsp3) is 0.846. The van der Waals surface area contributed by atoms with Crippen LogP contribution in [0.5, 0.6) is 0 Å². The Labute approximate surface area is 105 Å². The van der Waals surface area contributed by atoms with Gasteiger partial charge in [0.15, 0.2) is 0 Å². The summed E-state index contributed by atoms with van der Waals surface area (Å²) in [4.78, 5) is 2.56. The molecule has 1 fully saturated rings. The van der Waals surface area contributed by atoms with E-state index >= 15 is 0 Å². The summed E-state index contributed by atoms with van der Waals surface area (Å²) >= 11 is 5.62. The quantitative estimate of drug-likeness (QED) is 0.800. The molecule has 1 rings (SSSR count). The zero-order valence-electron chi connectivity index (χ0n) is 10.7. The minimum atomic E-state index is 0.640. The Morgan fingerprint density at radius 1 is 1.50 bits per heavy atom. The summed E-state index contributed by atoms with van der Waals surface area (Å²) in [5.41, 5.74) is 1.63. The smallest absolute Gasteiger partial charge is 0.0247 e. The molecule has 1 aliphatic rings. The first-order valence-electron chi connectivity index (χ1n) is 6.41. The Kier molecular flexibility index (Phi) is 6.40. The van der Waals surface area contributed by atoms with Crippen LogP contribution >= 0.6 is 11.6 Å². The minimum absolute atomic E-state index is 0.640. The van der Waals surface area contributed by atoms with Crippen molar-refractivity contribution in [1.82, 2.24) is 10.2 Å².